The molecule has 0 spiro atoms. The van der Waals surface area contributed by atoms with Crippen LogP contribution in [0.5, 0.6) is 5.75 Å². The molecule has 96 valence electrons. The van der Waals surface area contributed by atoms with Gasteiger partial charge in [-0.1, -0.05) is 6.07 Å². The van der Waals surface area contributed by atoms with Crippen LogP contribution in [0.1, 0.15) is 6.92 Å². The summed E-state index contributed by atoms with van der Waals surface area (Å²) in [5, 5.41) is 0. The number of halogens is 4. The van der Waals surface area contributed by atoms with Crippen LogP contribution in [-0.4, -0.2) is 26.8 Å². The average molecular weight is 290 g/mol. The van der Waals surface area contributed by atoms with Crippen LogP contribution in [0.2, 0.25) is 0 Å². The van der Waals surface area contributed by atoms with Crippen molar-refractivity contribution in [3.63, 3.8) is 0 Å². The largest absolute Gasteiger partial charge is 1.00 e. The molecule has 1 aromatic rings. The molecule has 0 heterocycles. The van der Waals surface area contributed by atoms with Gasteiger partial charge in [0.15, 0.2) is 11.6 Å². The van der Waals surface area contributed by atoms with Gasteiger partial charge in [-0.3, -0.25) is 0 Å². The third kappa shape index (κ3) is 5.58. The first kappa shape index (κ1) is 18.4. The Morgan fingerprint density at radius 2 is 1.89 bits per heavy atom. The molecule has 0 saturated carbocycles. The molecule has 1 rings (SSSR count). The number of methoxy groups -OCH3 is 1. The van der Waals surface area contributed by atoms with Crippen molar-refractivity contribution in [2.75, 3.05) is 13.7 Å². The summed E-state index contributed by atoms with van der Waals surface area (Å²) in [6, 6.07) is 2.11. The molecule has 0 aromatic heterocycles. The van der Waals surface area contributed by atoms with E-state index in [0.717, 1.165) is 6.07 Å². The van der Waals surface area contributed by atoms with Crippen LogP contribution in [0.15, 0.2) is 18.2 Å². The van der Waals surface area contributed by atoms with Crippen molar-refractivity contribution in [1.82, 2.24) is 0 Å². The van der Waals surface area contributed by atoms with Crippen molar-refractivity contribution >= 4 is 12.4 Å². The molecular weight excluding hydrogens is 278 g/mol. The van der Waals surface area contributed by atoms with Crippen LogP contribution in [0.4, 0.5) is 17.3 Å². The van der Waals surface area contributed by atoms with E-state index in [4.69, 9.17) is 9.47 Å². The Bertz CT molecular complexity index is 387. The van der Waals surface area contributed by atoms with E-state index in [0.29, 0.717) is 12.1 Å². The van der Waals surface area contributed by atoms with Crippen LogP contribution in [0.3, 0.4) is 0 Å². The van der Waals surface area contributed by atoms with E-state index >= 15 is 0 Å². The van der Waals surface area contributed by atoms with Crippen molar-refractivity contribution < 1.29 is 78.2 Å². The van der Waals surface area contributed by atoms with Crippen LogP contribution >= 0.6 is 0 Å². The fraction of sp³-hybridized carbons (Fsp3) is 0.400. The maximum Gasteiger partial charge on any atom is 1.00 e. The number of benzene rings is 1. The second kappa shape index (κ2) is 7.86. The molecule has 0 bridgehead atoms. The molecule has 0 fully saturated rings. The SMILES string of the molecule is COC(C)COc1cc([B-](F)(F)F)ccc1F.[K+]. The quantitative estimate of drug-likeness (QED) is 0.527. The van der Waals surface area contributed by atoms with Crippen molar-refractivity contribution in [3.8, 4) is 5.75 Å². The topological polar surface area (TPSA) is 18.5 Å². The minimum atomic E-state index is -5.15. The number of ether oxygens (including phenoxy) is 2. The maximum absolute atomic E-state index is 13.2. The van der Waals surface area contributed by atoms with Gasteiger partial charge in [0.25, 0.3) is 0 Å². The molecule has 0 aliphatic rings. The van der Waals surface area contributed by atoms with Crippen LogP contribution in [0.25, 0.3) is 0 Å². The summed E-state index contributed by atoms with van der Waals surface area (Å²) in [4.78, 5) is 0. The predicted molar refractivity (Wildman–Crippen MR) is 57.1 cm³/mol. The zero-order valence-electron chi connectivity index (χ0n) is 10.4. The van der Waals surface area contributed by atoms with Crippen molar-refractivity contribution in [3.05, 3.63) is 24.0 Å². The summed E-state index contributed by atoms with van der Waals surface area (Å²) >= 11 is 0. The molecule has 8 heteroatoms. The molecular formula is C10H12BF4KO2. The Hall–Kier alpha value is 0.401. The number of hydrogen-bond acceptors (Lipinski definition) is 2. The number of rotatable bonds is 5. The minimum Gasteiger partial charge on any atom is -0.488 e. The van der Waals surface area contributed by atoms with Gasteiger partial charge in [-0.25, -0.2) is 4.39 Å². The fourth-order valence-electron chi connectivity index (χ4n) is 1.11. The zero-order valence-corrected chi connectivity index (χ0v) is 13.5. The third-order valence-corrected chi connectivity index (χ3v) is 2.21. The monoisotopic (exact) mass is 290 g/mol. The van der Waals surface area contributed by atoms with Crippen molar-refractivity contribution in [2.45, 2.75) is 13.0 Å². The van der Waals surface area contributed by atoms with Gasteiger partial charge in [-0.05, 0) is 19.1 Å². The first-order valence-corrected chi connectivity index (χ1v) is 4.99. The fourth-order valence-corrected chi connectivity index (χ4v) is 1.11. The minimum absolute atomic E-state index is 0. The first-order valence-electron chi connectivity index (χ1n) is 4.99. The smallest absolute Gasteiger partial charge is 0.488 e. The zero-order chi connectivity index (χ0) is 13.1. The van der Waals surface area contributed by atoms with E-state index in [2.05, 4.69) is 0 Å². The van der Waals surface area contributed by atoms with E-state index in [9.17, 15) is 17.3 Å². The van der Waals surface area contributed by atoms with Gasteiger partial charge < -0.3 is 22.4 Å². The predicted octanol–water partition coefficient (Wildman–Crippen LogP) is -0.702. The summed E-state index contributed by atoms with van der Waals surface area (Å²) in [6.45, 7) is -3.50. The second-order valence-corrected chi connectivity index (χ2v) is 3.62. The van der Waals surface area contributed by atoms with Crippen molar-refractivity contribution in [2.24, 2.45) is 0 Å². The van der Waals surface area contributed by atoms with Gasteiger partial charge in [0.2, 0.25) is 0 Å². The average Bonchev–Trinajstić information content (AvgIpc) is 2.26. The molecule has 1 unspecified atom stereocenters. The van der Waals surface area contributed by atoms with E-state index in [1.807, 2.05) is 0 Å². The van der Waals surface area contributed by atoms with Crippen molar-refractivity contribution in [1.29, 1.82) is 0 Å². The van der Waals surface area contributed by atoms with Gasteiger partial charge in [-0.2, -0.15) is 0 Å². The first-order chi connectivity index (χ1) is 7.84. The molecule has 0 radical (unpaired) electrons. The molecule has 2 nitrogen and oxygen atoms in total. The van der Waals surface area contributed by atoms with Crippen LogP contribution in [-0.2, 0) is 4.74 Å². The Morgan fingerprint density at radius 3 is 2.39 bits per heavy atom. The van der Waals surface area contributed by atoms with Crippen LogP contribution < -0.4 is 61.6 Å². The van der Waals surface area contributed by atoms with Gasteiger partial charge in [0, 0.05) is 7.11 Å². The van der Waals surface area contributed by atoms with E-state index < -0.39 is 24.0 Å². The Morgan fingerprint density at radius 1 is 1.28 bits per heavy atom. The summed E-state index contributed by atoms with van der Waals surface area (Å²) in [5.74, 6) is -1.23. The van der Waals surface area contributed by atoms with E-state index in [1.165, 1.54) is 7.11 Å². The Labute approximate surface area is 146 Å². The van der Waals surface area contributed by atoms with E-state index in [1.54, 1.807) is 6.92 Å². The molecule has 1 aromatic carbocycles. The molecule has 1 atom stereocenters. The molecule has 0 N–H and O–H groups in total. The Balaban J connectivity index is 0.00000289. The van der Waals surface area contributed by atoms with E-state index in [-0.39, 0.29) is 64.1 Å². The van der Waals surface area contributed by atoms with Gasteiger partial charge >= 0.3 is 58.4 Å². The summed E-state index contributed by atoms with van der Waals surface area (Å²) in [7, 11) is 1.43. The molecule has 0 aliphatic heterocycles. The second-order valence-electron chi connectivity index (χ2n) is 3.62. The maximum atomic E-state index is 13.2. The molecule has 0 saturated heterocycles. The Kier molecular flexibility index (Phi) is 8.04. The number of hydrogen-bond donors (Lipinski definition) is 0. The summed E-state index contributed by atoms with van der Waals surface area (Å²) < 4.78 is 60.2. The standard InChI is InChI=1S/C10H12BF4O2.K/c1-7(16-2)6-17-10-5-8(11(13,14)15)3-4-9(10)12;/h3-5,7H,6H2,1-2H3;/q-1;+1. The van der Waals surface area contributed by atoms with Gasteiger partial charge in [0.05, 0.1) is 6.10 Å². The molecule has 18 heavy (non-hydrogen) atoms. The van der Waals surface area contributed by atoms with Gasteiger partial charge in [0.1, 0.15) is 6.61 Å². The molecule has 0 aliphatic carbocycles. The van der Waals surface area contributed by atoms with Gasteiger partial charge in [-0.15, -0.1) is 5.46 Å². The third-order valence-electron chi connectivity index (χ3n) is 2.21. The summed E-state index contributed by atoms with van der Waals surface area (Å²) in [5.41, 5.74) is -0.883. The normalized spacial score (nSPS) is 12.8. The van der Waals surface area contributed by atoms with Crippen LogP contribution in [0, 0.1) is 5.82 Å². The molecule has 0 amide bonds. The summed E-state index contributed by atoms with van der Waals surface area (Å²) in [6.07, 6.45) is -0.325.